The summed E-state index contributed by atoms with van der Waals surface area (Å²) in [5, 5.41) is 9.37. The van der Waals surface area contributed by atoms with Crippen molar-refractivity contribution >= 4 is 12.3 Å². The summed E-state index contributed by atoms with van der Waals surface area (Å²) in [6.45, 7) is 2.08. The van der Waals surface area contributed by atoms with Gasteiger partial charge in [-0.1, -0.05) is 5.57 Å². The lowest BCUT2D eigenvalue weighted by atomic mass is 9.86. The molecule has 172 valence electrons. The van der Waals surface area contributed by atoms with E-state index in [0.29, 0.717) is 35.5 Å². The topological polar surface area (TPSA) is 101 Å². The zero-order valence-electron chi connectivity index (χ0n) is 18.9. The highest BCUT2D eigenvalue weighted by Crippen LogP contribution is 2.45. The quantitative estimate of drug-likeness (QED) is 0.549. The van der Waals surface area contributed by atoms with Crippen molar-refractivity contribution in [3.8, 4) is 17.2 Å². The minimum Gasteiger partial charge on any atom is -0.493 e. The number of carbonyl (C=O) groups is 2. The minimum absolute atomic E-state index is 0.0597. The van der Waals surface area contributed by atoms with Gasteiger partial charge in [0, 0.05) is 25.4 Å². The van der Waals surface area contributed by atoms with Crippen molar-refractivity contribution in [1.82, 2.24) is 0 Å². The Labute approximate surface area is 187 Å². The van der Waals surface area contributed by atoms with Crippen LogP contribution in [0.15, 0.2) is 46.1 Å². The third-order valence-corrected chi connectivity index (χ3v) is 5.81. The molecule has 8 nitrogen and oxygen atoms in total. The van der Waals surface area contributed by atoms with Crippen LogP contribution in [-0.4, -0.2) is 64.6 Å². The van der Waals surface area contributed by atoms with Crippen LogP contribution in [-0.2, 0) is 14.3 Å². The van der Waals surface area contributed by atoms with E-state index in [9.17, 15) is 14.7 Å². The third kappa shape index (κ3) is 4.42. The van der Waals surface area contributed by atoms with Crippen molar-refractivity contribution < 1.29 is 38.4 Å². The van der Waals surface area contributed by atoms with Crippen LogP contribution in [0.5, 0.6) is 17.2 Å². The molecule has 32 heavy (non-hydrogen) atoms. The van der Waals surface area contributed by atoms with Gasteiger partial charge in [0.1, 0.15) is 25.1 Å². The molecule has 0 spiro atoms. The van der Waals surface area contributed by atoms with Gasteiger partial charge in [-0.2, -0.15) is 0 Å². The number of carboxylic acid groups (broad SMARTS) is 1. The van der Waals surface area contributed by atoms with E-state index in [0.717, 1.165) is 27.9 Å². The van der Waals surface area contributed by atoms with Crippen LogP contribution < -0.4 is 14.2 Å². The maximum atomic E-state index is 11.4. The molecular weight excluding hydrogens is 416 g/mol. The van der Waals surface area contributed by atoms with Crippen molar-refractivity contribution in [2.45, 2.75) is 32.0 Å². The van der Waals surface area contributed by atoms with Crippen molar-refractivity contribution in [2.75, 3.05) is 35.0 Å². The fourth-order valence-corrected chi connectivity index (χ4v) is 4.30. The molecule has 1 aromatic rings. The second-order valence-corrected chi connectivity index (χ2v) is 7.61. The number of hydrogen-bond donors (Lipinski definition) is 1. The SMILES string of the molecule is COc1cc(C=O)cc(OCC2=C3CC(C)=C(CC(=O)O)C3=CC(OC)C2OC)c1OC. The lowest BCUT2D eigenvalue weighted by Crippen LogP contribution is -2.36. The van der Waals surface area contributed by atoms with E-state index in [1.54, 1.807) is 26.4 Å². The smallest absolute Gasteiger partial charge is 0.307 e. The van der Waals surface area contributed by atoms with Crippen LogP contribution in [0, 0.1) is 0 Å². The Bertz CT molecular complexity index is 1000. The van der Waals surface area contributed by atoms with Crippen molar-refractivity contribution in [3.63, 3.8) is 0 Å². The second-order valence-electron chi connectivity index (χ2n) is 7.61. The lowest BCUT2D eigenvalue weighted by molar-refractivity contribution is -0.136. The fraction of sp³-hybridized carbons (Fsp3) is 0.417. The van der Waals surface area contributed by atoms with E-state index in [-0.39, 0.29) is 13.0 Å². The average molecular weight is 444 g/mol. The molecule has 3 rings (SSSR count). The number of aliphatic carboxylic acids is 1. The molecule has 2 atom stereocenters. The van der Waals surface area contributed by atoms with E-state index in [4.69, 9.17) is 23.7 Å². The molecule has 2 aliphatic rings. The summed E-state index contributed by atoms with van der Waals surface area (Å²) in [5.74, 6) is 0.231. The van der Waals surface area contributed by atoms with Gasteiger partial charge in [-0.25, -0.2) is 0 Å². The molecule has 0 saturated heterocycles. The highest BCUT2D eigenvalue weighted by Gasteiger charge is 2.37. The first-order valence-corrected chi connectivity index (χ1v) is 10.1. The average Bonchev–Trinajstić information content (AvgIpc) is 3.09. The zero-order valence-corrected chi connectivity index (χ0v) is 18.9. The molecule has 1 aromatic carbocycles. The summed E-state index contributed by atoms with van der Waals surface area (Å²) >= 11 is 0. The lowest BCUT2D eigenvalue weighted by Gasteiger charge is -2.32. The Morgan fingerprint density at radius 3 is 2.41 bits per heavy atom. The number of rotatable bonds is 10. The number of hydrogen-bond acceptors (Lipinski definition) is 7. The van der Waals surface area contributed by atoms with Gasteiger partial charge in [0.2, 0.25) is 5.75 Å². The van der Waals surface area contributed by atoms with Gasteiger partial charge < -0.3 is 28.8 Å². The Balaban J connectivity index is 2.01. The number of methoxy groups -OCH3 is 4. The van der Waals surface area contributed by atoms with Crippen LogP contribution in [0.25, 0.3) is 0 Å². The van der Waals surface area contributed by atoms with Crippen LogP contribution in [0.2, 0.25) is 0 Å². The van der Waals surface area contributed by atoms with Gasteiger partial charge in [-0.15, -0.1) is 0 Å². The Morgan fingerprint density at radius 2 is 1.84 bits per heavy atom. The summed E-state index contributed by atoms with van der Waals surface area (Å²) in [6.07, 6.45) is 2.38. The highest BCUT2D eigenvalue weighted by molar-refractivity contribution is 5.78. The highest BCUT2D eigenvalue weighted by atomic mass is 16.5. The number of carboxylic acids is 1. The molecule has 1 N–H and O–H groups in total. The van der Waals surface area contributed by atoms with E-state index >= 15 is 0 Å². The van der Waals surface area contributed by atoms with Gasteiger partial charge in [0.15, 0.2) is 11.5 Å². The van der Waals surface area contributed by atoms with Gasteiger partial charge in [-0.3, -0.25) is 9.59 Å². The largest absolute Gasteiger partial charge is 0.493 e. The third-order valence-electron chi connectivity index (χ3n) is 5.81. The van der Waals surface area contributed by atoms with Crippen LogP contribution in [0.1, 0.15) is 30.1 Å². The normalized spacial score (nSPS) is 20.1. The number of carbonyl (C=O) groups excluding carboxylic acids is 1. The number of fused-ring (bicyclic) bond motifs is 1. The predicted molar refractivity (Wildman–Crippen MR) is 117 cm³/mol. The number of benzene rings is 1. The van der Waals surface area contributed by atoms with Crippen LogP contribution >= 0.6 is 0 Å². The van der Waals surface area contributed by atoms with Gasteiger partial charge in [0.25, 0.3) is 0 Å². The van der Waals surface area contributed by atoms with E-state index in [1.165, 1.54) is 14.2 Å². The zero-order chi connectivity index (χ0) is 23.4. The molecule has 0 radical (unpaired) electrons. The first kappa shape index (κ1) is 23.6. The predicted octanol–water partition coefficient (Wildman–Crippen LogP) is 3.36. The van der Waals surface area contributed by atoms with Crippen molar-refractivity contribution in [2.24, 2.45) is 0 Å². The number of ether oxygens (including phenoxy) is 5. The van der Waals surface area contributed by atoms with Gasteiger partial charge in [-0.05, 0) is 48.3 Å². The molecule has 2 unspecified atom stereocenters. The van der Waals surface area contributed by atoms with Gasteiger partial charge in [0.05, 0.1) is 20.6 Å². The second kappa shape index (κ2) is 10.0. The Morgan fingerprint density at radius 1 is 1.12 bits per heavy atom. The Hall–Kier alpha value is -3.10. The van der Waals surface area contributed by atoms with Crippen LogP contribution in [0.3, 0.4) is 0 Å². The molecule has 0 bridgehead atoms. The molecule has 0 aliphatic heterocycles. The van der Waals surface area contributed by atoms with Crippen molar-refractivity contribution in [3.05, 3.63) is 51.6 Å². The number of aldehydes is 1. The molecular formula is C24H28O8. The van der Waals surface area contributed by atoms with Crippen LogP contribution in [0.4, 0.5) is 0 Å². The van der Waals surface area contributed by atoms with Crippen molar-refractivity contribution in [1.29, 1.82) is 0 Å². The maximum Gasteiger partial charge on any atom is 0.307 e. The molecule has 0 aromatic heterocycles. The van der Waals surface area contributed by atoms with E-state index in [2.05, 4.69) is 0 Å². The summed E-state index contributed by atoms with van der Waals surface area (Å²) in [4.78, 5) is 22.8. The molecule has 0 amide bonds. The molecule has 0 fully saturated rings. The summed E-state index contributed by atoms with van der Waals surface area (Å²) < 4.78 is 28.3. The monoisotopic (exact) mass is 444 g/mol. The number of allylic oxidation sites excluding steroid dienone is 3. The minimum atomic E-state index is -0.885. The van der Waals surface area contributed by atoms with E-state index in [1.807, 2.05) is 13.0 Å². The maximum absolute atomic E-state index is 11.4. The molecule has 0 heterocycles. The summed E-state index contributed by atoms with van der Waals surface area (Å²) in [7, 11) is 6.16. The van der Waals surface area contributed by atoms with E-state index < -0.39 is 18.2 Å². The first-order chi connectivity index (χ1) is 15.4. The molecule has 2 aliphatic carbocycles. The fourth-order valence-electron chi connectivity index (χ4n) is 4.30. The summed E-state index contributed by atoms with van der Waals surface area (Å²) in [6, 6.07) is 3.16. The van der Waals surface area contributed by atoms with Gasteiger partial charge >= 0.3 is 5.97 Å². The molecule has 0 saturated carbocycles. The summed E-state index contributed by atoms with van der Waals surface area (Å²) in [5.41, 5.74) is 4.89. The Kier molecular flexibility index (Phi) is 7.37. The standard InChI is InChI=1S/C24H28O8/c1-13-6-16-17(15(13)10-22(26)27)9-20(29-3)23(30-4)18(16)12-32-21-8-14(11-25)7-19(28-2)24(21)31-5/h7-9,11,20,23H,6,10,12H2,1-5H3,(H,26,27). The molecule has 8 heteroatoms. The first-order valence-electron chi connectivity index (χ1n) is 10.1.